The van der Waals surface area contributed by atoms with Gasteiger partial charge in [-0.25, -0.2) is 9.97 Å². The van der Waals surface area contributed by atoms with Crippen LogP contribution in [0.4, 0.5) is 5.69 Å². The Morgan fingerprint density at radius 2 is 1.68 bits per heavy atom. The number of pyridine rings is 4. The van der Waals surface area contributed by atoms with E-state index < -0.39 is 0 Å². The van der Waals surface area contributed by atoms with E-state index in [1.54, 1.807) is 37.2 Å². The fourth-order valence-corrected chi connectivity index (χ4v) is 4.67. The topological polar surface area (TPSA) is 138 Å². The van der Waals surface area contributed by atoms with Crippen molar-refractivity contribution in [2.75, 3.05) is 5.32 Å². The van der Waals surface area contributed by atoms with Gasteiger partial charge in [0.15, 0.2) is 11.5 Å². The largest absolute Gasteiger partial charge is 0.337 e. The van der Waals surface area contributed by atoms with Crippen LogP contribution in [0.3, 0.4) is 0 Å². The Labute approximate surface area is 227 Å². The lowest BCUT2D eigenvalue weighted by Gasteiger charge is -2.07. The summed E-state index contributed by atoms with van der Waals surface area (Å²) in [6, 6.07) is 19.2. The monoisotopic (exact) mass is 523 g/mol. The van der Waals surface area contributed by atoms with Crippen LogP contribution in [-0.4, -0.2) is 46.0 Å². The number of aromatic nitrogens is 8. The number of H-pyrrole nitrogens is 2. The van der Waals surface area contributed by atoms with Crippen molar-refractivity contribution in [1.82, 2.24) is 40.1 Å². The highest BCUT2D eigenvalue weighted by atomic mass is 16.1. The lowest BCUT2D eigenvalue weighted by atomic mass is 10.1. The standard InChI is InChI=1S/C30H21N9O/c40-25(12-18-4-2-1-3-5-18)35-22-13-20(15-32-17-22)21-14-23-27(38-39-29(23)34-16-21)30-36-24-8-11-33-26(28(24)37-30)19-6-9-31-10-7-19/h1-11,13-17H,12H2,(H,35,40)(H,36,37)(H,34,38,39). The number of carbonyl (C=O) groups excluding carboxylic acids is 1. The van der Waals surface area contributed by atoms with E-state index in [2.05, 4.69) is 40.4 Å². The van der Waals surface area contributed by atoms with Crippen LogP contribution in [0, 0.1) is 0 Å². The van der Waals surface area contributed by atoms with Crippen LogP contribution in [-0.2, 0) is 11.2 Å². The number of imidazole rings is 1. The number of hydrogen-bond acceptors (Lipinski definition) is 7. The Morgan fingerprint density at radius 1 is 0.825 bits per heavy atom. The number of amides is 1. The van der Waals surface area contributed by atoms with E-state index in [0.717, 1.165) is 44.4 Å². The Balaban J connectivity index is 1.21. The molecule has 0 fully saturated rings. The Kier molecular flexibility index (Phi) is 5.74. The van der Waals surface area contributed by atoms with Gasteiger partial charge in [0.2, 0.25) is 5.91 Å². The zero-order chi connectivity index (χ0) is 26.9. The number of hydrogen-bond donors (Lipinski definition) is 3. The van der Waals surface area contributed by atoms with Crippen LogP contribution in [0.15, 0.2) is 97.8 Å². The fourth-order valence-electron chi connectivity index (χ4n) is 4.67. The van der Waals surface area contributed by atoms with Gasteiger partial charge >= 0.3 is 0 Å². The molecule has 40 heavy (non-hydrogen) atoms. The highest BCUT2D eigenvalue weighted by Gasteiger charge is 2.17. The molecule has 10 heteroatoms. The van der Waals surface area contributed by atoms with Crippen LogP contribution in [0.2, 0.25) is 0 Å². The van der Waals surface area contributed by atoms with E-state index in [1.807, 2.05) is 60.7 Å². The number of anilines is 1. The summed E-state index contributed by atoms with van der Waals surface area (Å²) in [6.45, 7) is 0. The third kappa shape index (κ3) is 4.43. The average Bonchev–Trinajstić information content (AvgIpc) is 3.62. The quantitative estimate of drug-likeness (QED) is 0.272. The number of benzene rings is 1. The summed E-state index contributed by atoms with van der Waals surface area (Å²) in [5.41, 5.74) is 7.77. The average molecular weight is 524 g/mol. The minimum absolute atomic E-state index is 0.110. The van der Waals surface area contributed by atoms with Gasteiger partial charge < -0.3 is 10.3 Å². The molecule has 6 heterocycles. The van der Waals surface area contributed by atoms with E-state index in [4.69, 9.17) is 4.98 Å². The maximum atomic E-state index is 12.6. The van der Waals surface area contributed by atoms with Crippen molar-refractivity contribution in [1.29, 1.82) is 0 Å². The molecule has 0 aliphatic heterocycles. The minimum atomic E-state index is -0.110. The predicted octanol–water partition coefficient (Wildman–Crippen LogP) is 5.20. The molecule has 0 radical (unpaired) electrons. The molecular formula is C30H21N9O. The second-order valence-corrected chi connectivity index (χ2v) is 9.24. The van der Waals surface area contributed by atoms with Crippen molar-refractivity contribution in [3.05, 3.63) is 103 Å². The smallest absolute Gasteiger partial charge is 0.228 e. The zero-order valence-electron chi connectivity index (χ0n) is 21.0. The number of nitrogens with one attached hydrogen (secondary N) is 3. The molecule has 0 saturated carbocycles. The van der Waals surface area contributed by atoms with Crippen molar-refractivity contribution in [2.45, 2.75) is 6.42 Å². The molecule has 0 saturated heterocycles. The van der Waals surface area contributed by atoms with Crippen LogP contribution in [0.5, 0.6) is 0 Å². The van der Waals surface area contributed by atoms with Crippen LogP contribution < -0.4 is 5.32 Å². The van der Waals surface area contributed by atoms with Gasteiger partial charge in [-0.05, 0) is 35.9 Å². The van der Waals surface area contributed by atoms with E-state index in [-0.39, 0.29) is 12.3 Å². The molecule has 0 unspecified atom stereocenters. The minimum Gasteiger partial charge on any atom is -0.337 e. The number of nitrogens with zero attached hydrogens (tertiary/aromatic N) is 6. The highest BCUT2D eigenvalue weighted by molar-refractivity contribution is 5.96. The Hall–Kier alpha value is -5.77. The van der Waals surface area contributed by atoms with Gasteiger partial charge in [-0.3, -0.25) is 24.8 Å². The van der Waals surface area contributed by atoms with Crippen LogP contribution in [0.25, 0.3) is 56.0 Å². The van der Waals surface area contributed by atoms with Crippen molar-refractivity contribution >= 4 is 33.7 Å². The van der Waals surface area contributed by atoms with Crippen molar-refractivity contribution < 1.29 is 4.79 Å². The van der Waals surface area contributed by atoms with E-state index >= 15 is 0 Å². The third-order valence-corrected chi connectivity index (χ3v) is 6.56. The summed E-state index contributed by atoms with van der Waals surface area (Å²) in [5.74, 6) is 0.515. The van der Waals surface area contributed by atoms with Gasteiger partial charge in [-0.1, -0.05) is 30.3 Å². The summed E-state index contributed by atoms with van der Waals surface area (Å²) < 4.78 is 0. The van der Waals surface area contributed by atoms with Gasteiger partial charge in [0.05, 0.1) is 34.9 Å². The van der Waals surface area contributed by atoms with Crippen LogP contribution >= 0.6 is 0 Å². The van der Waals surface area contributed by atoms with Crippen molar-refractivity contribution in [3.8, 4) is 33.9 Å². The molecule has 6 aromatic heterocycles. The first kappa shape index (κ1) is 23.4. The fraction of sp³-hybridized carbons (Fsp3) is 0.0333. The summed E-state index contributed by atoms with van der Waals surface area (Å²) in [4.78, 5) is 38.4. The molecule has 0 aliphatic carbocycles. The summed E-state index contributed by atoms with van der Waals surface area (Å²) in [6.07, 6.45) is 10.6. The third-order valence-electron chi connectivity index (χ3n) is 6.56. The van der Waals surface area contributed by atoms with Crippen molar-refractivity contribution in [3.63, 3.8) is 0 Å². The SMILES string of the molecule is O=C(Cc1ccccc1)Nc1cncc(-c2cnc3n[nH]c(-c4nc5c(-c6ccncc6)nccc5[nH]4)c3c2)c1. The highest BCUT2D eigenvalue weighted by Crippen LogP contribution is 2.31. The van der Waals surface area contributed by atoms with E-state index in [0.29, 0.717) is 22.9 Å². The number of rotatable bonds is 6. The molecule has 7 aromatic rings. The first-order valence-electron chi connectivity index (χ1n) is 12.6. The van der Waals surface area contributed by atoms with Crippen LogP contribution in [0.1, 0.15) is 5.56 Å². The van der Waals surface area contributed by atoms with Gasteiger partial charge in [0, 0.05) is 47.7 Å². The lowest BCUT2D eigenvalue weighted by molar-refractivity contribution is -0.115. The molecule has 0 atom stereocenters. The van der Waals surface area contributed by atoms with Gasteiger partial charge in [0.25, 0.3) is 0 Å². The Morgan fingerprint density at radius 3 is 2.55 bits per heavy atom. The zero-order valence-corrected chi connectivity index (χ0v) is 21.0. The molecule has 1 aromatic carbocycles. The summed E-state index contributed by atoms with van der Waals surface area (Å²) in [7, 11) is 0. The molecule has 3 N–H and O–H groups in total. The molecule has 0 spiro atoms. The maximum absolute atomic E-state index is 12.6. The molecular weight excluding hydrogens is 502 g/mol. The molecule has 7 rings (SSSR count). The first-order valence-corrected chi connectivity index (χ1v) is 12.6. The van der Waals surface area contributed by atoms with Gasteiger partial charge in [-0.2, -0.15) is 5.10 Å². The van der Waals surface area contributed by atoms with Gasteiger partial charge in [-0.15, -0.1) is 0 Å². The molecule has 10 nitrogen and oxygen atoms in total. The normalized spacial score (nSPS) is 11.2. The maximum Gasteiger partial charge on any atom is 0.228 e. The first-order chi connectivity index (χ1) is 19.7. The van der Waals surface area contributed by atoms with Gasteiger partial charge in [0.1, 0.15) is 11.2 Å². The second kappa shape index (κ2) is 9.84. The molecule has 1 amide bonds. The Bertz CT molecular complexity index is 1980. The number of aromatic amines is 2. The lowest BCUT2D eigenvalue weighted by Crippen LogP contribution is -2.14. The molecule has 0 bridgehead atoms. The van der Waals surface area contributed by atoms with E-state index in [9.17, 15) is 4.79 Å². The van der Waals surface area contributed by atoms with E-state index in [1.165, 1.54) is 0 Å². The molecule has 0 aliphatic rings. The number of carbonyl (C=O) groups is 1. The number of fused-ring (bicyclic) bond motifs is 2. The van der Waals surface area contributed by atoms with Crippen molar-refractivity contribution in [2.24, 2.45) is 0 Å². The predicted molar refractivity (Wildman–Crippen MR) is 152 cm³/mol. The summed E-state index contributed by atoms with van der Waals surface area (Å²) >= 11 is 0. The summed E-state index contributed by atoms with van der Waals surface area (Å²) in [5, 5.41) is 11.2. The second-order valence-electron chi connectivity index (χ2n) is 9.24. The molecule has 192 valence electrons.